The zero-order chi connectivity index (χ0) is 59.6. The predicted molar refractivity (Wildman–Crippen MR) is 310 cm³/mol. The molecule has 19 nitrogen and oxygen atoms in total. The number of allylic oxidation sites excluding steroid dienone is 5. The maximum absolute atomic E-state index is 14.8. The lowest BCUT2D eigenvalue weighted by Crippen LogP contribution is -2.61. The van der Waals surface area contributed by atoms with E-state index in [0.717, 1.165) is 12.0 Å². The second kappa shape index (κ2) is 36.4. The molecule has 2 bridgehead atoms. The van der Waals surface area contributed by atoms with Gasteiger partial charge in [-0.05, 0) is 119 Å². The van der Waals surface area contributed by atoms with Crippen molar-refractivity contribution in [2.75, 3.05) is 87.8 Å². The molecule has 16 atom stereocenters. The smallest absolute Gasteiger partial charge is 0.329 e. The second-order valence-corrected chi connectivity index (χ2v) is 23.3. The molecule has 0 aromatic heterocycles. The number of Topliss-reactive ketones (excluding diaryl/α,β-unsaturated/α-hetero) is 2. The Balaban J connectivity index is 1.55. The van der Waals surface area contributed by atoms with Gasteiger partial charge >= 0.3 is 5.97 Å². The Morgan fingerprint density at radius 3 is 2.11 bits per heavy atom. The highest BCUT2D eigenvalue weighted by Gasteiger charge is 2.53. The number of esters is 1. The van der Waals surface area contributed by atoms with Crippen molar-refractivity contribution in [1.29, 1.82) is 0 Å². The third-order valence-corrected chi connectivity index (χ3v) is 16.9. The van der Waals surface area contributed by atoms with Gasteiger partial charge in [0.25, 0.3) is 16.9 Å². The number of nitrogens with one attached hydrogen (secondary N) is 1. The minimum atomic E-state index is -2.43. The summed E-state index contributed by atoms with van der Waals surface area (Å²) >= 11 is 5.56. The van der Waals surface area contributed by atoms with Gasteiger partial charge < -0.3 is 72.9 Å². The summed E-state index contributed by atoms with van der Waals surface area (Å²) in [4.78, 5) is 58.5. The maximum Gasteiger partial charge on any atom is 0.329 e. The zero-order valence-corrected chi connectivity index (χ0v) is 51.2. The van der Waals surface area contributed by atoms with Crippen LogP contribution in [-0.4, -0.2) is 197 Å². The number of thiocarbonyl (C=S) groups is 1. The third-order valence-electron chi connectivity index (χ3n) is 16.6. The van der Waals surface area contributed by atoms with Crippen molar-refractivity contribution in [2.45, 2.75) is 186 Å². The fourth-order valence-electron chi connectivity index (χ4n) is 11.5. The maximum atomic E-state index is 14.8. The molecule has 0 unspecified atom stereocenters. The Kier molecular flexibility index (Phi) is 31.4. The monoisotopic (exact) mass is 1160 g/mol. The molecule has 3 fully saturated rings. The molecule has 3 heterocycles. The number of fused-ring (bicyclic) bond motifs is 3. The molecule has 0 aromatic carbocycles. The molecule has 4 rings (SSSR count). The van der Waals surface area contributed by atoms with Crippen molar-refractivity contribution in [3.63, 3.8) is 0 Å². The molecule has 1 aliphatic carbocycles. The van der Waals surface area contributed by atoms with Crippen LogP contribution < -0.4 is 5.32 Å². The van der Waals surface area contributed by atoms with Gasteiger partial charge in [-0.3, -0.25) is 14.4 Å². The zero-order valence-electron chi connectivity index (χ0n) is 50.4. The fourth-order valence-corrected chi connectivity index (χ4v) is 11.8. The lowest BCUT2D eigenvalue weighted by atomic mass is 9.78. The lowest BCUT2D eigenvalue weighted by Gasteiger charge is -2.43. The van der Waals surface area contributed by atoms with E-state index in [2.05, 4.69) is 5.32 Å². The Morgan fingerprint density at radius 2 is 1.44 bits per heavy atom. The molecular weight excluding hydrogens is 1060 g/mol. The van der Waals surface area contributed by atoms with Crippen LogP contribution in [0.4, 0.5) is 0 Å². The number of amides is 1. The standard InChI is InChI=1S/C61H100N2O17S/c1-39-17-13-12-14-18-40(2)50(72-9)37-47-22-20-45(7)61(70,80-47)57(67)58(68)63-25-16-15-19-48(63)59(69)78-52(38-51(73-10)41(3)34-44(6)55(65)56(66)54(64)43(5)33-39)42(4)35-46-21-23-49(53(36-46)74-11)79-60(81)62-24-26-75-29-30-77-32-31-76-28-27-71-8/h12-14,17-18,34,39,41-43,45-53,55-56,65-66,70H,15-16,19-33,35-38H2,1-11H3,(H,62,81)/b14-12+,17-13+,40-18+,44-34+/t39-,41-,42-,43-,45-,46+,47+,48+,49-,50+,51-,52+,53-,55-,56+,61-/m1/s1. The molecule has 0 spiro atoms. The van der Waals surface area contributed by atoms with Gasteiger partial charge in [0.2, 0.25) is 5.79 Å². The number of methoxy groups -OCH3 is 4. The van der Waals surface area contributed by atoms with E-state index >= 15 is 0 Å². The van der Waals surface area contributed by atoms with E-state index in [1.807, 2.05) is 58.1 Å². The van der Waals surface area contributed by atoms with E-state index in [0.29, 0.717) is 116 Å². The summed E-state index contributed by atoms with van der Waals surface area (Å²) < 4.78 is 58.5. The van der Waals surface area contributed by atoms with E-state index in [4.69, 9.17) is 59.6 Å². The molecule has 20 heteroatoms. The third kappa shape index (κ3) is 22.1. The summed E-state index contributed by atoms with van der Waals surface area (Å²) in [6.07, 6.45) is 11.2. The highest BCUT2D eigenvalue weighted by molar-refractivity contribution is 7.80. The van der Waals surface area contributed by atoms with Gasteiger partial charge in [-0.25, -0.2) is 4.79 Å². The molecule has 1 saturated carbocycles. The van der Waals surface area contributed by atoms with Crippen molar-refractivity contribution in [3.05, 3.63) is 47.6 Å². The largest absolute Gasteiger partial charge is 0.465 e. The number of hydrogen-bond donors (Lipinski definition) is 4. The second-order valence-electron chi connectivity index (χ2n) is 22.9. The van der Waals surface area contributed by atoms with E-state index in [1.165, 1.54) is 4.90 Å². The average molecular weight is 1170 g/mol. The summed E-state index contributed by atoms with van der Waals surface area (Å²) in [5.74, 6) is -7.50. The number of nitrogens with zero attached hydrogens (tertiary/aromatic N) is 1. The lowest BCUT2D eigenvalue weighted by molar-refractivity contribution is -0.265. The summed E-state index contributed by atoms with van der Waals surface area (Å²) in [6.45, 7) is 16.8. The first kappa shape index (κ1) is 70.0. The van der Waals surface area contributed by atoms with Crippen LogP contribution in [0.5, 0.6) is 0 Å². The van der Waals surface area contributed by atoms with Crippen molar-refractivity contribution >= 4 is 40.8 Å². The topological polar surface area (TPSA) is 237 Å². The number of ketones is 2. The van der Waals surface area contributed by atoms with Crippen LogP contribution in [0, 0.1) is 35.5 Å². The van der Waals surface area contributed by atoms with E-state index in [1.54, 1.807) is 55.3 Å². The molecule has 3 aliphatic heterocycles. The number of carbonyl (C=O) groups is 4. The number of ether oxygens (including phenoxy) is 10. The summed E-state index contributed by atoms with van der Waals surface area (Å²) in [6, 6.07) is -1.11. The highest BCUT2D eigenvalue weighted by Crippen LogP contribution is 2.38. The number of piperidine rings is 1. The first-order chi connectivity index (χ1) is 38.7. The Bertz CT molecular complexity index is 2070. The van der Waals surface area contributed by atoms with Gasteiger partial charge in [0.05, 0.1) is 70.7 Å². The van der Waals surface area contributed by atoms with E-state index in [-0.39, 0.29) is 54.5 Å². The van der Waals surface area contributed by atoms with Crippen molar-refractivity contribution in [1.82, 2.24) is 10.2 Å². The summed E-state index contributed by atoms with van der Waals surface area (Å²) in [5.41, 5.74) is 1.26. The van der Waals surface area contributed by atoms with Gasteiger partial charge in [0.15, 0.2) is 5.78 Å². The van der Waals surface area contributed by atoms with Crippen molar-refractivity contribution in [3.8, 4) is 0 Å². The highest BCUT2D eigenvalue weighted by atomic mass is 32.1. The Hall–Kier alpha value is -3.51. The predicted octanol–water partition coefficient (Wildman–Crippen LogP) is 6.57. The van der Waals surface area contributed by atoms with Gasteiger partial charge in [-0.15, -0.1) is 0 Å². The minimum Gasteiger partial charge on any atom is -0.465 e. The molecule has 462 valence electrons. The van der Waals surface area contributed by atoms with E-state index in [9.17, 15) is 34.5 Å². The molecule has 4 aliphatic rings. The van der Waals surface area contributed by atoms with Crippen LogP contribution in [0.25, 0.3) is 0 Å². The number of rotatable bonds is 19. The first-order valence-corrected chi connectivity index (χ1v) is 29.9. The van der Waals surface area contributed by atoms with Gasteiger partial charge in [-0.1, -0.05) is 71.1 Å². The average Bonchev–Trinajstić information content (AvgIpc) is 3.57. The molecular formula is C61H100N2O17S. The van der Waals surface area contributed by atoms with Crippen LogP contribution >= 0.6 is 12.2 Å². The van der Waals surface area contributed by atoms with Crippen LogP contribution in [0.15, 0.2) is 47.6 Å². The molecule has 4 N–H and O–H groups in total. The number of cyclic esters (lactones) is 1. The van der Waals surface area contributed by atoms with Crippen LogP contribution in [0.2, 0.25) is 0 Å². The Morgan fingerprint density at radius 1 is 0.765 bits per heavy atom. The quantitative estimate of drug-likeness (QED) is 0.0352. The molecule has 0 aromatic rings. The molecule has 2 saturated heterocycles. The minimum absolute atomic E-state index is 0.0244. The van der Waals surface area contributed by atoms with Crippen molar-refractivity contribution < 1.29 is 81.9 Å². The van der Waals surface area contributed by atoms with Gasteiger partial charge in [-0.2, -0.15) is 0 Å². The number of aliphatic hydroxyl groups excluding tert-OH is 2. The first-order valence-electron chi connectivity index (χ1n) is 29.5. The van der Waals surface area contributed by atoms with E-state index < -0.39 is 89.6 Å². The van der Waals surface area contributed by atoms with Gasteiger partial charge in [0.1, 0.15) is 30.5 Å². The molecule has 81 heavy (non-hydrogen) atoms. The van der Waals surface area contributed by atoms with Crippen LogP contribution in [-0.2, 0) is 66.5 Å². The normalized spacial score (nSPS) is 35.6. The summed E-state index contributed by atoms with van der Waals surface area (Å²) in [7, 11) is 6.41. The molecule has 1 amide bonds. The van der Waals surface area contributed by atoms with Gasteiger partial charge in [0, 0.05) is 72.1 Å². The number of aliphatic hydroxyl groups is 3. The van der Waals surface area contributed by atoms with Crippen LogP contribution in [0.3, 0.4) is 0 Å². The number of carbonyl (C=O) groups excluding carboxylic acids is 4. The summed E-state index contributed by atoms with van der Waals surface area (Å²) in [5, 5.41) is 38.1. The fraction of sp³-hybridized carbons (Fsp3) is 0.787. The van der Waals surface area contributed by atoms with Crippen molar-refractivity contribution in [2.24, 2.45) is 35.5 Å². The van der Waals surface area contributed by atoms with Crippen LogP contribution in [0.1, 0.15) is 126 Å². The SMILES string of the molecule is COCCOCCOCCOCCNC(=S)O[C@@H]1CC[C@@H](C[C@@H](C)[C@@H]2C[C@@H](OC)[C@H](C)/C=C(\C)[C@@H](O)[C@@H](O)C(=O)[C@H](C)C[C@H](C)/C=C/C=C/C=C(\C)[C@@H](OC)C[C@@H]3CC[C@@H](C)[C@@](O)(O3)C(=O)C(=O)N3CCCC[C@H]3C(=O)O2)C[C@H]1OC. The molecule has 0 radical (unpaired) electrons. The number of hydrogen-bond acceptors (Lipinski definition) is 18. The Labute approximate surface area is 488 Å².